The van der Waals surface area contributed by atoms with Crippen LogP contribution in [0.25, 0.3) is 17.4 Å². The molecule has 0 aliphatic carbocycles. The first kappa shape index (κ1) is 31.0. The number of rotatable bonds is 8. The molecule has 9 nitrogen and oxygen atoms in total. The number of benzene rings is 2. The van der Waals surface area contributed by atoms with Gasteiger partial charge < -0.3 is 18.6 Å². The number of allylic oxidation sites excluding steroid dienone is 1. The molecule has 2 aromatic heterocycles. The fraction of sp³-hybridized carbons (Fsp3) is 0.273. The topological polar surface area (TPSA) is 109 Å². The van der Waals surface area contributed by atoms with Crippen molar-refractivity contribution in [1.29, 1.82) is 0 Å². The summed E-state index contributed by atoms with van der Waals surface area (Å²) in [6.07, 6.45) is 0.951. The minimum Gasteiger partial charge on any atom is -0.497 e. The summed E-state index contributed by atoms with van der Waals surface area (Å²) in [5.41, 5.74) is 1.87. The van der Waals surface area contributed by atoms with Crippen molar-refractivity contribution in [1.82, 2.24) is 4.57 Å². The number of nitrogens with zero attached hydrogens (tertiary/aromatic N) is 2. The number of thiazole rings is 1. The van der Waals surface area contributed by atoms with Crippen molar-refractivity contribution in [2.45, 2.75) is 52.9 Å². The Bertz CT molecular complexity index is 1950. The quantitative estimate of drug-likeness (QED) is 0.230. The zero-order valence-corrected chi connectivity index (χ0v) is 26.6. The van der Waals surface area contributed by atoms with E-state index >= 15 is 0 Å². The van der Waals surface area contributed by atoms with Crippen LogP contribution in [0, 0.1) is 0 Å². The number of ether oxygens (including phenoxy) is 3. The zero-order chi connectivity index (χ0) is 31.7. The van der Waals surface area contributed by atoms with E-state index < -0.39 is 18.0 Å². The number of hydrogen-bond acceptors (Lipinski definition) is 9. The van der Waals surface area contributed by atoms with Gasteiger partial charge in [0.1, 0.15) is 17.3 Å². The summed E-state index contributed by atoms with van der Waals surface area (Å²) < 4.78 is 24.2. The standard InChI is InChI=1S/C33H31ClN2O7S/c1-17(2)41-31(38)24-13-9-21(34)15-25(24)26-14-12-23(43-26)16-27-30(37)36-29(20-7-10-22(40-6)11-8-20)28(32(39)42-18(3)4)19(5)35-33(36)44-27/h7-18,29H,1-6H3/b27-16+/t29-/m0/s1. The summed E-state index contributed by atoms with van der Waals surface area (Å²) in [6.45, 7) is 8.80. The van der Waals surface area contributed by atoms with Gasteiger partial charge in [-0.15, -0.1) is 0 Å². The van der Waals surface area contributed by atoms with Crippen LogP contribution >= 0.6 is 22.9 Å². The molecule has 1 aliphatic heterocycles. The molecule has 0 N–H and O–H groups in total. The number of furan rings is 1. The third kappa shape index (κ3) is 6.27. The average molecular weight is 635 g/mol. The summed E-state index contributed by atoms with van der Waals surface area (Å²) in [6, 6.07) is 14.6. The van der Waals surface area contributed by atoms with E-state index in [9.17, 15) is 14.4 Å². The number of esters is 2. The van der Waals surface area contributed by atoms with Gasteiger partial charge in [0.2, 0.25) is 0 Å². The molecule has 44 heavy (non-hydrogen) atoms. The third-order valence-electron chi connectivity index (χ3n) is 6.73. The van der Waals surface area contributed by atoms with Crippen LogP contribution in [0.5, 0.6) is 5.75 Å². The van der Waals surface area contributed by atoms with E-state index in [-0.39, 0.29) is 23.3 Å². The van der Waals surface area contributed by atoms with Crippen LogP contribution in [-0.2, 0) is 14.3 Å². The molecule has 1 atom stereocenters. The van der Waals surface area contributed by atoms with Crippen LogP contribution < -0.4 is 19.6 Å². The highest BCUT2D eigenvalue weighted by Gasteiger charge is 2.34. The van der Waals surface area contributed by atoms with Crippen molar-refractivity contribution >= 4 is 41.0 Å². The Balaban J connectivity index is 1.60. The lowest BCUT2D eigenvalue weighted by atomic mass is 9.96. The van der Waals surface area contributed by atoms with E-state index in [1.54, 1.807) is 90.3 Å². The van der Waals surface area contributed by atoms with Crippen LogP contribution in [0.2, 0.25) is 5.02 Å². The van der Waals surface area contributed by atoms with Gasteiger partial charge in [-0.1, -0.05) is 35.1 Å². The van der Waals surface area contributed by atoms with Gasteiger partial charge in [-0.2, -0.15) is 0 Å². The Kier molecular flexibility index (Phi) is 8.94. The van der Waals surface area contributed by atoms with Gasteiger partial charge in [0.25, 0.3) is 5.56 Å². The normalized spacial score (nSPS) is 14.9. The molecule has 3 heterocycles. The summed E-state index contributed by atoms with van der Waals surface area (Å²) in [5, 5.41) is 0.424. The smallest absolute Gasteiger partial charge is 0.339 e. The number of methoxy groups -OCH3 is 1. The summed E-state index contributed by atoms with van der Waals surface area (Å²) in [7, 11) is 1.57. The Morgan fingerprint density at radius 2 is 1.68 bits per heavy atom. The number of aromatic nitrogens is 1. The predicted octanol–water partition coefficient (Wildman–Crippen LogP) is 5.67. The van der Waals surface area contributed by atoms with Crippen LogP contribution in [0.3, 0.4) is 0 Å². The Morgan fingerprint density at radius 3 is 2.34 bits per heavy atom. The van der Waals surface area contributed by atoms with Gasteiger partial charge in [0, 0.05) is 16.7 Å². The van der Waals surface area contributed by atoms with Crippen molar-refractivity contribution in [3.63, 3.8) is 0 Å². The minimum atomic E-state index is -0.765. The first-order valence-electron chi connectivity index (χ1n) is 13.9. The van der Waals surface area contributed by atoms with Gasteiger partial charge in [-0.25, -0.2) is 14.6 Å². The zero-order valence-electron chi connectivity index (χ0n) is 25.0. The van der Waals surface area contributed by atoms with E-state index in [0.29, 0.717) is 54.0 Å². The van der Waals surface area contributed by atoms with E-state index in [1.807, 2.05) is 12.1 Å². The lowest BCUT2D eigenvalue weighted by molar-refractivity contribution is -0.143. The molecule has 0 unspecified atom stereocenters. The molecule has 0 radical (unpaired) electrons. The number of carbonyl (C=O) groups excluding carboxylic acids is 2. The van der Waals surface area contributed by atoms with Crippen molar-refractivity contribution in [2.24, 2.45) is 4.99 Å². The van der Waals surface area contributed by atoms with Crippen LogP contribution in [0.4, 0.5) is 0 Å². The van der Waals surface area contributed by atoms with Gasteiger partial charge in [-0.05, 0) is 82.6 Å². The molecule has 11 heteroatoms. The second-order valence-electron chi connectivity index (χ2n) is 10.7. The van der Waals surface area contributed by atoms with Crippen molar-refractivity contribution < 1.29 is 28.2 Å². The molecule has 0 amide bonds. The highest BCUT2D eigenvalue weighted by Crippen LogP contribution is 2.32. The van der Waals surface area contributed by atoms with Crippen LogP contribution in [0.1, 0.15) is 62.3 Å². The molecule has 1 aliphatic rings. The number of fused-ring (bicyclic) bond motifs is 1. The van der Waals surface area contributed by atoms with Crippen LogP contribution in [0.15, 0.2) is 80.1 Å². The Hall–Kier alpha value is -4.41. The van der Waals surface area contributed by atoms with E-state index in [0.717, 1.165) is 0 Å². The SMILES string of the molecule is COc1ccc([C@H]2C(C(=O)OC(C)C)=C(C)N=c3s/c(=C/c4ccc(-c5cc(Cl)ccc5C(=O)OC(C)C)o4)c(=O)n32)cc1. The highest BCUT2D eigenvalue weighted by molar-refractivity contribution is 7.07. The van der Waals surface area contributed by atoms with Gasteiger partial charge in [0.15, 0.2) is 4.80 Å². The van der Waals surface area contributed by atoms with Gasteiger partial charge >= 0.3 is 11.9 Å². The summed E-state index contributed by atoms with van der Waals surface area (Å²) in [4.78, 5) is 45.1. The lowest BCUT2D eigenvalue weighted by Crippen LogP contribution is -2.40. The van der Waals surface area contributed by atoms with Crippen molar-refractivity contribution in [3.05, 3.63) is 107 Å². The number of halogens is 1. The van der Waals surface area contributed by atoms with Crippen molar-refractivity contribution in [3.8, 4) is 17.1 Å². The first-order chi connectivity index (χ1) is 21.0. The fourth-order valence-electron chi connectivity index (χ4n) is 4.84. The molecule has 0 fully saturated rings. The molecule has 0 saturated carbocycles. The van der Waals surface area contributed by atoms with E-state index in [2.05, 4.69) is 4.99 Å². The third-order valence-corrected chi connectivity index (χ3v) is 7.94. The molecule has 5 rings (SSSR count). The Labute approximate surface area is 262 Å². The summed E-state index contributed by atoms with van der Waals surface area (Å²) in [5.74, 6) is 0.360. The van der Waals surface area contributed by atoms with Gasteiger partial charge in [-0.3, -0.25) is 9.36 Å². The number of carbonyl (C=O) groups is 2. The van der Waals surface area contributed by atoms with Gasteiger partial charge in [0.05, 0.1) is 46.7 Å². The van der Waals surface area contributed by atoms with E-state index in [1.165, 1.54) is 15.9 Å². The maximum Gasteiger partial charge on any atom is 0.339 e. The maximum atomic E-state index is 14.0. The second kappa shape index (κ2) is 12.7. The highest BCUT2D eigenvalue weighted by atomic mass is 35.5. The molecule has 2 aromatic carbocycles. The monoisotopic (exact) mass is 634 g/mol. The first-order valence-corrected chi connectivity index (χ1v) is 15.1. The number of hydrogen-bond donors (Lipinski definition) is 0. The molecular formula is C33H31ClN2O7S. The second-order valence-corrected chi connectivity index (χ2v) is 12.1. The molecule has 4 aromatic rings. The Morgan fingerprint density at radius 1 is 1.00 bits per heavy atom. The maximum absolute atomic E-state index is 14.0. The molecule has 0 saturated heterocycles. The van der Waals surface area contributed by atoms with Crippen LogP contribution in [-0.4, -0.2) is 35.8 Å². The van der Waals surface area contributed by atoms with Crippen molar-refractivity contribution in [2.75, 3.05) is 7.11 Å². The predicted molar refractivity (Wildman–Crippen MR) is 168 cm³/mol. The van der Waals surface area contributed by atoms with E-state index in [4.69, 9.17) is 30.2 Å². The molecule has 228 valence electrons. The lowest BCUT2D eigenvalue weighted by Gasteiger charge is -2.25. The summed E-state index contributed by atoms with van der Waals surface area (Å²) >= 11 is 7.43. The fourth-order valence-corrected chi connectivity index (χ4v) is 6.04. The molecular weight excluding hydrogens is 604 g/mol. The molecule has 0 spiro atoms. The average Bonchev–Trinajstić information content (AvgIpc) is 3.55. The largest absolute Gasteiger partial charge is 0.497 e. The minimum absolute atomic E-state index is 0.282. The molecule has 0 bridgehead atoms.